The van der Waals surface area contributed by atoms with Gasteiger partial charge in [0, 0.05) is 22.5 Å². The molecule has 0 bridgehead atoms. The van der Waals surface area contributed by atoms with Crippen LogP contribution in [0.25, 0.3) is 11.3 Å². The lowest BCUT2D eigenvalue weighted by molar-refractivity contribution is 0.597. The Morgan fingerprint density at radius 2 is 2.15 bits per heavy atom. The Morgan fingerprint density at radius 3 is 2.80 bits per heavy atom. The van der Waals surface area contributed by atoms with E-state index in [0.29, 0.717) is 22.8 Å². The van der Waals surface area contributed by atoms with Crippen LogP contribution in [0.5, 0.6) is 0 Å². The summed E-state index contributed by atoms with van der Waals surface area (Å²) in [5, 5.41) is 6.28. The molecule has 7 heteroatoms. The number of thiazole rings is 1. The van der Waals surface area contributed by atoms with Gasteiger partial charge < -0.3 is 5.32 Å². The van der Waals surface area contributed by atoms with Gasteiger partial charge in [-0.15, -0.1) is 11.3 Å². The fourth-order valence-corrected chi connectivity index (χ4v) is 3.86. The third kappa shape index (κ3) is 3.20. The summed E-state index contributed by atoms with van der Waals surface area (Å²) in [5.74, 6) is 0.0507. The molecule has 1 aromatic carbocycles. The molecule has 0 aliphatic heterocycles. The zero-order chi connectivity index (χ0) is 14.8. The van der Waals surface area contributed by atoms with Crippen LogP contribution in [0, 0.1) is 0 Å². The topological polar surface area (TPSA) is 59.1 Å². The molecular formula is C13H15ClN2O2S2. The smallest absolute Gasteiger partial charge is 0.178 e. The minimum atomic E-state index is -3.31. The molecule has 0 aliphatic carbocycles. The molecule has 20 heavy (non-hydrogen) atoms. The van der Waals surface area contributed by atoms with E-state index in [1.807, 2.05) is 12.4 Å². The number of nitrogens with one attached hydrogen (secondary N) is 1. The van der Waals surface area contributed by atoms with Gasteiger partial charge in [-0.3, -0.25) is 0 Å². The molecule has 0 spiro atoms. The lowest BCUT2D eigenvalue weighted by atomic mass is 10.2. The second-order valence-corrected chi connectivity index (χ2v) is 7.83. The third-order valence-electron chi connectivity index (χ3n) is 2.81. The largest absolute Gasteiger partial charge is 0.314 e. The molecule has 4 nitrogen and oxygen atoms in total. The highest BCUT2D eigenvalue weighted by Crippen LogP contribution is 2.31. The van der Waals surface area contributed by atoms with E-state index in [1.54, 1.807) is 25.1 Å². The molecule has 2 aromatic rings. The lowest BCUT2D eigenvalue weighted by Gasteiger charge is -2.08. The van der Waals surface area contributed by atoms with Crippen molar-refractivity contribution < 1.29 is 8.42 Å². The van der Waals surface area contributed by atoms with Crippen molar-refractivity contribution in [3.8, 4) is 11.3 Å². The van der Waals surface area contributed by atoms with Crippen LogP contribution in [0.15, 0.2) is 28.5 Å². The molecule has 1 aromatic heterocycles. The molecule has 0 saturated heterocycles. The molecule has 1 N–H and O–H groups in total. The van der Waals surface area contributed by atoms with Crippen LogP contribution >= 0.6 is 22.9 Å². The lowest BCUT2D eigenvalue weighted by Crippen LogP contribution is -2.06. The first-order valence-electron chi connectivity index (χ1n) is 6.09. The quantitative estimate of drug-likeness (QED) is 0.915. The molecule has 0 aliphatic rings. The molecule has 0 radical (unpaired) electrons. The maximum atomic E-state index is 12.2. The van der Waals surface area contributed by atoms with Gasteiger partial charge in [-0.25, -0.2) is 13.4 Å². The van der Waals surface area contributed by atoms with E-state index in [9.17, 15) is 8.42 Å². The Morgan fingerprint density at radius 1 is 1.40 bits per heavy atom. The first-order chi connectivity index (χ1) is 9.47. The molecule has 0 unspecified atom stereocenters. The summed E-state index contributed by atoms with van der Waals surface area (Å²) in [7, 11) is -1.47. The van der Waals surface area contributed by atoms with E-state index in [0.717, 1.165) is 5.01 Å². The van der Waals surface area contributed by atoms with Crippen LogP contribution in [0.4, 0.5) is 0 Å². The van der Waals surface area contributed by atoms with Gasteiger partial charge in [0.15, 0.2) is 9.84 Å². The molecule has 0 fully saturated rings. The van der Waals surface area contributed by atoms with Crippen molar-refractivity contribution in [2.24, 2.45) is 0 Å². The van der Waals surface area contributed by atoms with Crippen LogP contribution < -0.4 is 5.32 Å². The van der Waals surface area contributed by atoms with Crippen molar-refractivity contribution in [1.29, 1.82) is 0 Å². The van der Waals surface area contributed by atoms with E-state index < -0.39 is 9.84 Å². The number of benzene rings is 1. The molecule has 0 saturated carbocycles. The number of nitrogens with zero attached hydrogens (tertiary/aromatic N) is 1. The van der Waals surface area contributed by atoms with Crippen LogP contribution in [-0.2, 0) is 16.4 Å². The van der Waals surface area contributed by atoms with Gasteiger partial charge in [0.2, 0.25) is 0 Å². The van der Waals surface area contributed by atoms with Gasteiger partial charge in [0.1, 0.15) is 5.01 Å². The SMILES string of the molecule is CCS(=O)(=O)c1ccc(Cl)cc1-c1csc(CNC)n1. The fourth-order valence-electron chi connectivity index (χ4n) is 1.80. The third-order valence-corrected chi connectivity index (χ3v) is 5.68. The van der Waals surface area contributed by atoms with Crippen molar-refractivity contribution >= 4 is 32.8 Å². The number of sulfone groups is 1. The van der Waals surface area contributed by atoms with E-state index in [4.69, 9.17) is 11.6 Å². The van der Waals surface area contributed by atoms with Crippen LogP contribution in [0.2, 0.25) is 5.02 Å². The minimum absolute atomic E-state index is 0.0507. The van der Waals surface area contributed by atoms with E-state index >= 15 is 0 Å². The van der Waals surface area contributed by atoms with Crippen molar-refractivity contribution in [2.45, 2.75) is 18.4 Å². The zero-order valence-corrected chi connectivity index (χ0v) is 13.6. The summed E-state index contributed by atoms with van der Waals surface area (Å²) in [5.41, 5.74) is 1.22. The predicted octanol–water partition coefficient (Wildman–Crippen LogP) is 2.98. The van der Waals surface area contributed by atoms with E-state index in [2.05, 4.69) is 10.3 Å². The Balaban J connectivity index is 2.57. The molecule has 108 valence electrons. The normalized spacial score (nSPS) is 11.8. The van der Waals surface area contributed by atoms with Crippen molar-refractivity contribution in [3.05, 3.63) is 33.6 Å². The first kappa shape index (κ1) is 15.4. The van der Waals surface area contributed by atoms with Crippen LogP contribution in [0.3, 0.4) is 0 Å². The molecule has 0 atom stereocenters. The van der Waals surface area contributed by atoms with E-state index in [1.165, 1.54) is 11.3 Å². The molecule has 0 amide bonds. The van der Waals surface area contributed by atoms with Gasteiger partial charge in [0.05, 0.1) is 16.3 Å². The Labute approximate surface area is 127 Å². The first-order valence-corrected chi connectivity index (χ1v) is 9.00. The zero-order valence-electron chi connectivity index (χ0n) is 11.2. The monoisotopic (exact) mass is 330 g/mol. The summed E-state index contributed by atoms with van der Waals surface area (Å²) in [4.78, 5) is 4.74. The Hall–Kier alpha value is -0.950. The number of halogens is 1. The number of rotatable bonds is 5. The number of hydrogen-bond acceptors (Lipinski definition) is 5. The Bertz CT molecular complexity index is 711. The second-order valence-electron chi connectivity index (χ2n) is 4.20. The van der Waals surface area contributed by atoms with Gasteiger partial charge in [0.25, 0.3) is 0 Å². The maximum Gasteiger partial charge on any atom is 0.178 e. The molecule has 2 rings (SSSR count). The number of hydrogen-bond donors (Lipinski definition) is 1. The maximum absolute atomic E-state index is 12.2. The van der Waals surface area contributed by atoms with Crippen LogP contribution in [-0.4, -0.2) is 26.2 Å². The van der Waals surface area contributed by atoms with Crippen molar-refractivity contribution in [2.75, 3.05) is 12.8 Å². The summed E-state index contributed by atoms with van der Waals surface area (Å²) < 4.78 is 24.3. The van der Waals surface area contributed by atoms with Crippen LogP contribution in [0.1, 0.15) is 11.9 Å². The minimum Gasteiger partial charge on any atom is -0.314 e. The molecular weight excluding hydrogens is 316 g/mol. The van der Waals surface area contributed by atoms with Crippen molar-refractivity contribution in [1.82, 2.24) is 10.3 Å². The van der Waals surface area contributed by atoms with Gasteiger partial charge in [-0.2, -0.15) is 0 Å². The highest BCUT2D eigenvalue weighted by Gasteiger charge is 2.19. The summed E-state index contributed by atoms with van der Waals surface area (Å²) in [6.07, 6.45) is 0. The highest BCUT2D eigenvalue weighted by atomic mass is 35.5. The standard InChI is InChI=1S/C13H15ClN2O2S2/c1-3-20(17,18)12-5-4-9(14)6-10(12)11-8-19-13(16-11)7-15-2/h4-6,8,15H,3,7H2,1-2H3. The second kappa shape index (κ2) is 6.22. The number of aromatic nitrogens is 1. The van der Waals surface area contributed by atoms with Gasteiger partial charge in [-0.05, 0) is 25.2 Å². The average Bonchev–Trinajstić information content (AvgIpc) is 2.87. The average molecular weight is 331 g/mol. The molecule has 1 heterocycles. The Kier molecular flexibility index (Phi) is 4.80. The van der Waals surface area contributed by atoms with Crippen molar-refractivity contribution in [3.63, 3.8) is 0 Å². The summed E-state index contributed by atoms with van der Waals surface area (Å²) in [6, 6.07) is 4.80. The summed E-state index contributed by atoms with van der Waals surface area (Å²) >= 11 is 7.49. The van der Waals surface area contributed by atoms with Gasteiger partial charge in [-0.1, -0.05) is 18.5 Å². The highest BCUT2D eigenvalue weighted by molar-refractivity contribution is 7.91. The summed E-state index contributed by atoms with van der Waals surface area (Å²) in [6.45, 7) is 2.28. The van der Waals surface area contributed by atoms with E-state index in [-0.39, 0.29) is 10.6 Å². The fraction of sp³-hybridized carbons (Fsp3) is 0.308. The van der Waals surface area contributed by atoms with Gasteiger partial charge >= 0.3 is 0 Å². The predicted molar refractivity (Wildman–Crippen MR) is 83.1 cm³/mol.